The maximum Gasteiger partial charge on any atom is 0.330 e. The highest BCUT2D eigenvalue weighted by Gasteiger charge is 2.14. The van der Waals surface area contributed by atoms with E-state index in [0.29, 0.717) is 39.6 Å². The van der Waals surface area contributed by atoms with Gasteiger partial charge in [0.2, 0.25) is 0 Å². The molecule has 0 heterocycles. The fourth-order valence-corrected chi connectivity index (χ4v) is 2.25. The lowest BCUT2D eigenvalue weighted by molar-refractivity contribution is -0.147. The molecule has 30 heavy (non-hydrogen) atoms. The maximum absolute atomic E-state index is 11.1. The minimum absolute atomic E-state index is 0.0184. The highest BCUT2D eigenvalue weighted by atomic mass is 16.6. The predicted octanol–water partition coefficient (Wildman–Crippen LogP) is 2.78. The standard InChI is InChI=1S/C22H42O8/c1-9-22(23)30-21(7)15-29-20(6)14-28-19(5)13-27-18(4)12-26-17(3)11-25-16(2)10-24-8/h9,16-21H,1,10-15H2,2-8H3. The first kappa shape index (κ1) is 29.0. The van der Waals surface area contributed by atoms with Crippen molar-refractivity contribution in [2.24, 2.45) is 0 Å². The van der Waals surface area contributed by atoms with Crippen molar-refractivity contribution < 1.29 is 38.0 Å². The zero-order valence-corrected chi connectivity index (χ0v) is 19.8. The minimum Gasteiger partial charge on any atom is -0.457 e. The van der Waals surface area contributed by atoms with E-state index in [1.54, 1.807) is 14.0 Å². The molecular weight excluding hydrogens is 392 g/mol. The van der Waals surface area contributed by atoms with Crippen molar-refractivity contribution in [2.45, 2.75) is 78.2 Å². The quantitative estimate of drug-likeness (QED) is 0.227. The lowest BCUT2D eigenvalue weighted by Gasteiger charge is -2.22. The van der Waals surface area contributed by atoms with Gasteiger partial charge in [0, 0.05) is 13.2 Å². The van der Waals surface area contributed by atoms with Crippen molar-refractivity contribution in [1.29, 1.82) is 0 Å². The Morgan fingerprint density at radius 1 is 0.633 bits per heavy atom. The summed E-state index contributed by atoms with van der Waals surface area (Å²) in [6, 6.07) is 0. The second-order valence-electron chi connectivity index (χ2n) is 7.63. The van der Waals surface area contributed by atoms with Crippen LogP contribution in [-0.2, 0) is 38.0 Å². The number of rotatable bonds is 19. The molecule has 6 unspecified atom stereocenters. The van der Waals surface area contributed by atoms with E-state index in [0.717, 1.165) is 6.08 Å². The van der Waals surface area contributed by atoms with Crippen LogP contribution in [0.25, 0.3) is 0 Å². The SMILES string of the molecule is C=CC(=O)OC(C)COC(C)COC(C)COC(C)COC(C)COC(C)COC. The highest BCUT2D eigenvalue weighted by molar-refractivity contribution is 5.81. The number of ether oxygens (including phenoxy) is 7. The summed E-state index contributed by atoms with van der Waals surface area (Å²) in [6.07, 6.45) is 0.568. The molecule has 0 radical (unpaired) electrons. The van der Waals surface area contributed by atoms with Crippen molar-refractivity contribution in [2.75, 3.05) is 46.8 Å². The number of esters is 1. The molecule has 8 nitrogen and oxygen atoms in total. The predicted molar refractivity (Wildman–Crippen MR) is 115 cm³/mol. The zero-order valence-electron chi connectivity index (χ0n) is 19.8. The summed E-state index contributed by atoms with van der Waals surface area (Å²) in [5.41, 5.74) is 0. The van der Waals surface area contributed by atoms with Gasteiger partial charge < -0.3 is 33.2 Å². The minimum atomic E-state index is -0.457. The Balaban J connectivity index is 3.82. The van der Waals surface area contributed by atoms with E-state index in [-0.39, 0.29) is 36.6 Å². The molecule has 0 aliphatic rings. The monoisotopic (exact) mass is 434 g/mol. The molecular formula is C22H42O8. The molecule has 0 aliphatic heterocycles. The number of hydrogen-bond acceptors (Lipinski definition) is 8. The van der Waals surface area contributed by atoms with E-state index in [1.807, 2.05) is 34.6 Å². The molecule has 0 spiro atoms. The second kappa shape index (κ2) is 17.6. The van der Waals surface area contributed by atoms with Crippen LogP contribution in [0.1, 0.15) is 41.5 Å². The number of carbonyl (C=O) groups is 1. The van der Waals surface area contributed by atoms with Crippen LogP contribution in [0.4, 0.5) is 0 Å². The molecule has 8 heteroatoms. The molecule has 6 atom stereocenters. The van der Waals surface area contributed by atoms with Crippen molar-refractivity contribution in [3.8, 4) is 0 Å². The van der Waals surface area contributed by atoms with Gasteiger partial charge in [0.15, 0.2) is 0 Å². The lowest BCUT2D eigenvalue weighted by Crippen LogP contribution is -2.30. The Labute approximate surface area is 182 Å². The molecule has 0 aromatic heterocycles. The van der Waals surface area contributed by atoms with Crippen molar-refractivity contribution in [3.63, 3.8) is 0 Å². The molecule has 0 amide bonds. The Bertz CT molecular complexity index is 445. The van der Waals surface area contributed by atoms with Crippen molar-refractivity contribution >= 4 is 5.97 Å². The van der Waals surface area contributed by atoms with Crippen LogP contribution in [0.5, 0.6) is 0 Å². The fraction of sp³-hybridized carbons (Fsp3) is 0.864. The van der Waals surface area contributed by atoms with E-state index < -0.39 is 5.97 Å². The third-order valence-corrected chi connectivity index (χ3v) is 3.96. The Morgan fingerprint density at radius 3 is 1.23 bits per heavy atom. The first-order valence-electron chi connectivity index (χ1n) is 10.6. The van der Waals surface area contributed by atoms with Gasteiger partial charge in [-0.2, -0.15) is 0 Å². The first-order chi connectivity index (χ1) is 14.2. The van der Waals surface area contributed by atoms with Gasteiger partial charge in [-0.05, 0) is 41.5 Å². The largest absolute Gasteiger partial charge is 0.457 e. The average molecular weight is 435 g/mol. The molecule has 178 valence electrons. The van der Waals surface area contributed by atoms with E-state index >= 15 is 0 Å². The molecule has 0 aromatic rings. The summed E-state index contributed by atoms with van der Waals surface area (Å²) in [6.45, 7) is 17.6. The van der Waals surface area contributed by atoms with Crippen molar-refractivity contribution in [1.82, 2.24) is 0 Å². The van der Waals surface area contributed by atoms with Gasteiger partial charge in [0.05, 0.1) is 70.2 Å². The van der Waals surface area contributed by atoms with Gasteiger partial charge >= 0.3 is 5.97 Å². The Hall–Kier alpha value is -1.03. The molecule has 0 aliphatic carbocycles. The molecule has 0 fully saturated rings. The van der Waals surface area contributed by atoms with Gasteiger partial charge in [-0.15, -0.1) is 0 Å². The van der Waals surface area contributed by atoms with E-state index in [9.17, 15) is 4.79 Å². The summed E-state index contributed by atoms with van der Waals surface area (Å²) in [4.78, 5) is 11.1. The van der Waals surface area contributed by atoms with Gasteiger partial charge in [-0.3, -0.25) is 0 Å². The van der Waals surface area contributed by atoms with Crippen LogP contribution >= 0.6 is 0 Å². The third kappa shape index (κ3) is 16.7. The zero-order chi connectivity index (χ0) is 22.9. The van der Waals surface area contributed by atoms with Crippen LogP contribution in [0.15, 0.2) is 12.7 Å². The Kier molecular flexibility index (Phi) is 17.0. The molecule has 0 N–H and O–H groups in total. The number of methoxy groups -OCH3 is 1. The molecule has 0 rings (SSSR count). The van der Waals surface area contributed by atoms with Gasteiger partial charge in [0.25, 0.3) is 0 Å². The van der Waals surface area contributed by atoms with Crippen molar-refractivity contribution in [3.05, 3.63) is 12.7 Å². The summed E-state index contributed by atoms with van der Waals surface area (Å²) in [7, 11) is 1.65. The maximum atomic E-state index is 11.1. The third-order valence-electron chi connectivity index (χ3n) is 3.96. The fourth-order valence-electron chi connectivity index (χ4n) is 2.25. The smallest absolute Gasteiger partial charge is 0.330 e. The summed E-state index contributed by atoms with van der Waals surface area (Å²) in [5.74, 6) is -0.457. The Morgan fingerprint density at radius 2 is 0.933 bits per heavy atom. The average Bonchev–Trinajstić information content (AvgIpc) is 2.71. The normalized spacial score (nSPS) is 17.6. The van der Waals surface area contributed by atoms with Crippen LogP contribution in [-0.4, -0.2) is 89.3 Å². The van der Waals surface area contributed by atoms with E-state index in [1.165, 1.54) is 0 Å². The summed E-state index contributed by atoms with van der Waals surface area (Å²) >= 11 is 0. The van der Waals surface area contributed by atoms with Gasteiger partial charge in [0.1, 0.15) is 6.10 Å². The first-order valence-corrected chi connectivity index (χ1v) is 10.6. The summed E-state index contributed by atoms with van der Waals surface area (Å²) in [5, 5.41) is 0. The molecule has 0 bridgehead atoms. The lowest BCUT2D eigenvalue weighted by atomic mass is 10.3. The van der Waals surface area contributed by atoms with Crippen LogP contribution in [0.3, 0.4) is 0 Å². The number of carbonyl (C=O) groups excluding carboxylic acids is 1. The van der Waals surface area contributed by atoms with E-state index in [4.69, 9.17) is 33.2 Å². The number of hydrogen-bond donors (Lipinski definition) is 0. The van der Waals surface area contributed by atoms with Crippen LogP contribution in [0, 0.1) is 0 Å². The highest BCUT2D eigenvalue weighted by Crippen LogP contribution is 2.04. The van der Waals surface area contributed by atoms with Gasteiger partial charge in [-0.25, -0.2) is 4.79 Å². The van der Waals surface area contributed by atoms with Gasteiger partial charge in [-0.1, -0.05) is 6.58 Å². The summed E-state index contributed by atoms with van der Waals surface area (Å²) < 4.78 is 38.7. The molecule has 0 saturated carbocycles. The van der Waals surface area contributed by atoms with Crippen LogP contribution in [0.2, 0.25) is 0 Å². The van der Waals surface area contributed by atoms with Crippen LogP contribution < -0.4 is 0 Å². The topological polar surface area (TPSA) is 81.7 Å². The molecule has 0 aromatic carbocycles. The molecule has 0 saturated heterocycles. The van der Waals surface area contributed by atoms with E-state index in [2.05, 4.69) is 6.58 Å². The second-order valence-corrected chi connectivity index (χ2v) is 7.63.